The maximum absolute atomic E-state index is 12.8. The summed E-state index contributed by atoms with van der Waals surface area (Å²) in [5.74, 6) is 0.693. The van der Waals surface area contributed by atoms with E-state index in [9.17, 15) is 14.0 Å². The van der Waals surface area contributed by atoms with Gasteiger partial charge in [0.15, 0.2) is 0 Å². The highest BCUT2D eigenvalue weighted by molar-refractivity contribution is 8.29. The van der Waals surface area contributed by atoms with Crippen LogP contribution in [0.5, 0.6) is 0 Å². The summed E-state index contributed by atoms with van der Waals surface area (Å²) < 4.78 is 14.6. The van der Waals surface area contributed by atoms with E-state index in [1.54, 1.807) is 11.8 Å². The number of carbonyl (C=O) groups excluding carboxylic acids is 2. The molecule has 0 aliphatic carbocycles. The lowest BCUT2D eigenvalue weighted by Crippen LogP contribution is -2.32. The second kappa shape index (κ2) is 9.74. The SMILES string of the molecule is C=CCN(SN(CC=C)C(=O)ON=C1CSCS1)C(=O)F. The Labute approximate surface area is 135 Å². The van der Waals surface area contributed by atoms with E-state index in [1.807, 2.05) is 0 Å². The zero-order valence-corrected chi connectivity index (χ0v) is 13.5. The molecule has 0 N–H and O–H groups in total. The largest absolute Gasteiger partial charge is 0.447 e. The highest BCUT2D eigenvalue weighted by atomic mass is 32.2. The Kier molecular flexibility index (Phi) is 8.31. The van der Waals surface area contributed by atoms with Crippen LogP contribution in [-0.2, 0) is 4.84 Å². The molecule has 1 aliphatic rings. The molecular weight excluding hydrogens is 337 g/mol. The van der Waals surface area contributed by atoms with Crippen molar-refractivity contribution in [2.45, 2.75) is 0 Å². The second-order valence-corrected chi connectivity index (χ2v) is 6.93. The first-order valence-electron chi connectivity index (χ1n) is 5.71. The monoisotopic (exact) mass is 351 g/mol. The van der Waals surface area contributed by atoms with Crippen LogP contribution in [0.15, 0.2) is 30.5 Å². The van der Waals surface area contributed by atoms with Gasteiger partial charge in [0.25, 0.3) is 0 Å². The van der Waals surface area contributed by atoms with E-state index in [1.165, 1.54) is 23.9 Å². The molecule has 0 radical (unpaired) electrons. The Morgan fingerprint density at radius 2 is 2.05 bits per heavy atom. The van der Waals surface area contributed by atoms with Gasteiger partial charge in [0.2, 0.25) is 0 Å². The number of carbonyl (C=O) groups is 2. The molecule has 0 aromatic carbocycles. The maximum atomic E-state index is 12.8. The Balaban J connectivity index is 2.63. The van der Waals surface area contributed by atoms with Crippen molar-refractivity contribution in [3.8, 4) is 0 Å². The Bertz CT molecular complexity index is 440. The van der Waals surface area contributed by atoms with Gasteiger partial charge in [-0.1, -0.05) is 29.1 Å². The molecule has 0 saturated carbocycles. The molecular formula is C11H14FN3O3S3. The number of halogens is 1. The van der Waals surface area contributed by atoms with Crippen molar-refractivity contribution in [2.75, 3.05) is 23.9 Å². The van der Waals surface area contributed by atoms with Crippen LogP contribution in [0.25, 0.3) is 0 Å². The fraction of sp³-hybridized carbons (Fsp3) is 0.364. The van der Waals surface area contributed by atoms with Gasteiger partial charge in [-0.3, -0.25) is 4.84 Å². The van der Waals surface area contributed by atoms with Gasteiger partial charge in [-0.2, -0.15) is 0 Å². The summed E-state index contributed by atoms with van der Waals surface area (Å²) >= 11 is 3.74. The molecule has 1 aliphatic heterocycles. The number of thioether (sulfide) groups is 2. The maximum Gasteiger partial charge on any atom is 0.447 e. The first kappa shape index (κ1) is 17.9. The minimum absolute atomic E-state index is 0.0536. The fourth-order valence-corrected chi connectivity index (χ4v) is 3.96. The van der Waals surface area contributed by atoms with Gasteiger partial charge >= 0.3 is 12.3 Å². The molecule has 1 heterocycles. The quantitative estimate of drug-likeness (QED) is 0.175. The standard InChI is InChI=1S/C11H14FN3O3S3/c1-3-5-14(10(12)16)21-15(6-4-2)11(17)18-13-9-7-19-8-20-9/h3-4H,1-2,5-8H2. The third-order valence-corrected chi connectivity index (χ3v) is 5.28. The molecule has 0 atom stereocenters. The predicted molar refractivity (Wildman–Crippen MR) is 86.7 cm³/mol. The van der Waals surface area contributed by atoms with E-state index < -0.39 is 12.3 Å². The molecule has 0 bridgehead atoms. The zero-order valence-electron chi connectivity index (χ0n) is 11.1. The van der Waals surface area contributed by atoms with Crippen molar-refractivity contribution in [1.29, 1.82) is 0 Å². The van der Waals surface area contributed by atoms with Crippen molar-refractivity contribution >= 4 is 53.0 Å². The van der Waals surface area contributed by atoms with Gasteiger partial charge in [-0.15, -0.1) is 29.3 Å². The molecule has 10 heteroatoms. The highest BCUT2D eigenvalue weighted by Gasteiger charge is 2.23. The molecule has 0 aromatic rings. The van der Waals surface area contributed by atoms with Gasteiger partial charge in [-0.05, 0) is 0 Å². The fourth-order valence-electron chi connectivity index (χ4n) is 1.10. The Hall–Kier alpha value is -1.13. The van der Waals surface area contributed by atoms with Crippen LogP contribution < -0.4 is 0 Å². The summed E-state index contributed by atoms with van der Waals surface area (Å²) in [6.45, 7) is 6.92. The van der Waals surface area contributed by atoms with Crippen molar-refractivity contribution < 1.29 is 18.8 Å². The molecule has 0 spiro atoms. The minimum Gasteiger partial charge on any atom is -0.296 e. The van der Waals surface area contributed by atoms with Crippen LogP contribution in [0, 0.1) is 0 Å². The summed E-state index contributed by atoms with van der Waals surface area (Å²) in [4.78, 5) is 27.5. The van der Waals surface area contributed by atoms with Crippen LogP contribution in [-0.4, -0.2) is 49.8 Å². The molecule has 0 aromatic heterocycles. The first-order valence-corrected chi connectivity index (χ1v) is 8.58. The number of rotatable bonds is 7. The molecule has 116 valence electrons. The van der Waals surface area contributed by atoms with E-state index in [0.717, 1.165) is 13.7 Å². The van der Waals surface area contributed by atoms with Crippen molar-refractivity contribution in [3.05, 3.63) is 25.3 Å². The topological polar surface area (TPSA) is 62.2 Å². The van der Waals surface area contributed by atoms with E-state index in [2.05, 4.69) is 18.3 Å². The minimum atomic E-state index is -1.68. The van der Waals surface area contributed by atoms with Crippen molar-refractivity contribution in [2.24, 2.45) is 5.16 Å². The van der Waals surface area contributed by atoms with E-state index in [0.29, 0.717) is 22.9 Å². The lowest BCUT2D eigenvalue weighted by Gasteiger charge is -2.22. The molecule has 0 unspecified atom stereocenters. The van der Waals surface area contributed by atoms with Crippen LogP contribution in [0.3, 0.4) is 0 Å². The number of nitrogens with zero attached hydrogens (tertiary/aromatic N) is 3. The van der Waals surface area contributed by atoms with E-state index >= 15 is 0 Å². The average molecular weight is 351 g/mol. The summed E-state index contributed by atoms with van der Waals surface area (Å²) in [6.07, 6.45) is 0.279. The van der Waals surface area contributed by atoms with Crippen molar-refractivity contribution in [3.63, 3.8) is 0 Å². The van der Waals surface area contributed by atoms with Gasteiger partial charge in [0.1, 0.15) is 5.04 Å². The highest BCUT2D eigenvalue weighted by Crippen LogP contribution is 2.25. The smallest absolute Gasteiger partial charge is 0.296 e. The number of hydrogen-bond acceptors (Lipinski definition) is 7. The van der Waals surface area contributed by atoms with Crippen LogP contribution >= 0.6 is 35.7 Å². The average Bonchev–Trinajstić information content (AvgIpc) is 2.96. The summed E-state index contributed by atoms with van der Waals surface area (Å²) in [5.41, 5.74) is 0. The second-order valence-electron chi connectivity index (χ2n) is 3.49. The van der Waals surface area contributed by atoms with Crippen molar-refractivity contribution in [1.82, 2.24) is 8.61 Å². The van der Waals surface area contributed by atoms with Crippen LogP contribution in [0.2, 0.25) is 0 Å². The molecule has 6 nitrogen and oxygen atoms in total. The normalized spacial score (nSPS) is 15.6. The lowest BCUT2D eigenvalue weighted by atomic mass is 10.6. The summed E-state index contributed by atoms with van der Waals surface area (Å²) in [5, 5.41) is 5.30. The van der Waals surface area contributed by atoms with Gasteiger partial charge in [0.05, 0.1) is 25.2 Å². The number of amides is 2. The first-order chi connectivity index (χ1) is 10.1. The predicted octanol–water partition coefficient (Wildman–Crippen LogP) is 3.50. The number of oxime groups is 1. The zero-order chi connectivity index (χ0) is 15.7. The van der Waals surface area contributed by atoms with Gasteiger partial charge < -0.3 is 0 Å². The summed E-state index contributed by atoms with van der Waals surface area (Å²) in [7, 11) is 0. The molecule has 1 saturated heterocycles. The Morgan fingerprint density at radius 1 is 1.38 bits per heavy atom. The van der Waals surface area contributed by atoms with Crippen LogP contribution in [0.4, 0.5) is 14.0 Å². The molecule has 2 amide bonds. The number of hydrogen-bond donors (Lipinski definition) is 0. The lowest BCUT2D eigenvalue weighted by molar-refractivity contribution is 0.134. The van der Waals surface area contributed by atoms with E-state index in [4.69, 9.17) is 4.84 Å². The molecule has 21 heavy (non-hydrogen) atoms. The molecule has 1 fully saturated rings. The third kappa shape index (κ3) is 6.44. The van der Waals surface area contributed by atoms with Gasteiger partial charge in [0, 0.05) is 10.8 Å². The van der Waals surface area contributed by atoms with Crippen LogP contribution in [0.1, 0.15) is 0 Å². The molecule has 1 rings (SSSR count). The third-order valence-electron chi connectivity index (χ3n) is 1.95. The van der Waals surface area contributed by atoms with Gasteiger partial charge in [-0.25, -0.2) is 18.2 Å². The Morgan fingerprint density at radius 3 is 2.57 bits per heavy atom. The van der Waals surface area contributed by atoms with E-state index in [-0.39, 0.29) is 13.1 Å². The summed E-state index contributed by atoms with van der Waals surface area (Å²) in [6, 6.07) is 0.